The lowest BCUT2D eigenvalue weighted by atomic mass is 9.83. The van der Waals surface area contributed by atoms with Gasteiger partial charge in [-0.3, -0.25) is 0 Å². The molecule has 0 saturated heterocycles. The highest BCUT2D eigenvalue weighted by Gasteiger charge is 2.17. The van der Waals surface area contributed by atoms with Gasteiger partial charge in [0.1, 0.15) is 0 Å². The van der Waals surface area contributed by atoms with E-state index >= 15 is 0 Å². The maximum atomic E-state index is 2.39. The summed E-state index contributed by atoms with van der Waals surface area (Å²) in [6.07, 6.45) is 0. The first kappa shape index (κ1) is 21.4. The van der Waals surface area contributed by atoms with Gasteiger partial charge >= 0.3 is 0 Å². The molecular weight excluding hydrogens is 348 g/mol. The summed E-state index contributed by atoms with van der Waals surface area (Å²) >= 11 is 0. The molecule has 0 saturated carbocycles. The first-order valence-electron chi connectivity index (χ1n) is 10.8. The average molecular weight is 385 g/mol. The van der Waals surface area contributed by atoms with Crippen molar-refractivity contribution in [3.63, 3.8) is 0 Å². The highest BCUT2D eigenvalue weighted by atomic mass is 14.2. The average Bonchev–Trinajstić information content (AvgIpc) is 2.66. The Morgan fingerprint density at radius 3 is 1.55 bits per heavy atom. The molecular formula is C29H36. The Kier molecular flexibility index (Phi) is 5.77. The van der Waals surface area contributed by atoms with Crippen LogP contribution in [0.2, 0.25) is 0 Å². The minimum atomic E-state index is 0.145. The molecule has 0 unspecified atom stereocenters. The van der Waals surface area contributed by atoms with E-state index in [4.69, 9.17) is 0 Å². The summed E-state index contributed by atoms with van der Waals surface area (Å²) in [6.45, 7) is 18.2. The quantitative estimate of drug-likeness (QED) is 0.423. The van der Waals surface area contributed by atoms with E-state index in [0.29, 0.717) is 5.92 Å². The van der Waals surface area contributed by atoms with Crippen molar-refractivity contribution in [2.75, 3.05) is 0 Å². The fourth-order valence-electron chi connectivity index (χ4n) is 3.81. The third kappa shape index (κ3) is 4.81. The normalized spacial score (nSPS) is 12.4. The Labute approximate surface area is 178 Å². The minimum absolute atomic E-state index is 0.145. The summed E-state index contributed by atoms with van der Waals surface area (Å²) in [5.41, 5.74) is 9.71. The summed E-state index contributed by atoms with van der Waals surface area (Å²) < 4.78 is 0. The molecule has 3 aromatic carbocycles. The van der Waals surface area contributed by atoms with Gasteiger partial charge in [-0.25, -0.2) is 0 Å². The summed E-state index contributed by atoms with van der Waals surface area (Å²) in [5.74, 6) is 0.484. The zero-order valence-corrected chi connectivity index (χ0v) is 19.4. The molecule has 0 aliphatic rings. The van der Waals surface area contributed by atoms with Gasteiger partial charge < -0.3 is 0 Å². The van der Waals surface area contributed by atoms with Crippen molar-refractivity contribution >= 4 is 0 Å². The molecule has 0 radical (unpaired) electrons. The zero-order valence-electron chi connectivity index (χ0n) is 19.4. The van der Waals surface area contributed by atoms with Crippen LogP contribution in [-0.2, 0) is 10.8 Å². The second-order valence-corrected chi connectivity index (χ2v) is 10.6. The summed E-state index contributed by atoms with van der Waals surface area (Å²) in [7, 11) is 0. The minimum Gasteiger partial charge on any atom is -0.0614 e. The van der Waals surface area contributed by atoms with Gasteiger partial charge in [-0.1, -0.05) is 116 Å². The SMILES string of the molecule is CC(C)c1ccc(-c2cccc(C(C)(C)C)c2)cc1-c1cccc(C(C)(C)C)c1. The van der Waals surface area contributed by atoms with Crippen molar-refractivity contribution in [2.24, 2.45) is 0 Å². The Balaban J connectivity index is 2.16. The lowest BCUT2D eigenvalue weighted by Crippen LogP contribution is -2.11. The monoisotopic (exact) mass is 384 g/mol. The number of hydrogen-bond donors (Lipinski definition) is 0. The van der Waals surface area contributed by atoms with Crippen LogP contribution in [0, 0.1) is 0 Å². The molecule has 0 heterocycles. The van der Waals surface area contributed by atoms with Crippen LogP contribution in [-0.4, -0.2) is 0 Å². The molecule has 3 aromatic rings. The van der Waals surface area contributed by atoms with E-state index < -0.39 is 0 Å². The van der Waals surface area contributed by atoms with Crippen LogP contribution in [0.4, 0.5) is 0 Å². The first-order valence-corrected chi connectivity index (χ1v) is 10.8. The van der Waals surface area contributed by atoms with Gasteiger partial charge in [0.15, 0.2) is 0 Å². The Morgan fingerprint density at radius 2 is 1.03 bits per heavy atom. The number of hydrogen-bond acceptors (Lipinski definition) is 0. The smallest absolute Gasteiger partial charge is 0.0132 e. The van der Waals surface area contributed by atoms with Crippen molar-refractivity contribution in [1.82, 2.24) is 0 Å². The maximum Gasteiger partial charge on any atom is -0.0132 e. The van der Waals surface area contributed by atoms with E-state index in [1.807, 2.05) is 0 Å². The summed E-state index contributed by atoms with van der Waals surface area (Å²) in [6, 6.07) is 25.1. The van der Waals surface area contributed by atoms with Gasteiger partial charge in [0.05, 0.1) is 0 Å². The van der Waals surface area contributed by atoms with Crippen LogP contribution in [0.3, 0.4) is 0 Å². The fourth-order valence-corrected chi connectivity index (χ4v) is 3.81. The Bertz CT molecular complexity index is 991. The highest BCUT2D eigenvalue weighted by molar-refractivity contribution is 5.77. The highest BCUT2D eigenvalue weighted by Crippen LogP contribution is 2.36. The van der Waals surface area contributed by atoms with Crippen LogP contribution in [0.15, 0.2) is 66.7 Å². The fraction of sp³-hybridized carbons (Fsp3) is 0.379. The van der Waals surface area contributed by atoms with E-state index in [1.165, 1.54) is 38.9 Å². The predicted octanol–water partition coefficient (Wildman–Crippen LogP) is 8.74. The van der Waals surface area contributed by atoms with Crippen molar-refractivity contribution in [2.45, 2.75) is 72.1 Å². The number of benzene rings is 3. The molecule has 0 aliphatic heterocycles. The van der Waals surface area contributed by atoms with E-state index in [0.717, 1.165) is 0 Å². The first-order chi connectivity index (χ1) is 13.5. The van der Waals surface area contributed by atoms with E-state index in [-0.39, 0.29) is 10.8 Å². The van der Waals surface area contributed by atoms with Crippen LogP contribution < -0.4 is 0 Å². The molecule has 0 nitrogen and oxygen atoms in total. The van der Waals surface area contributed by atoms with E-state index in [9.17, 15) is 0 Å². The van der Waals surface area contributed by atoms with Crippen molar-refractivity contribution < 1.29 is 0 Å². The van der Waals surface area contributed by atoms with Gasteiger partial charge in [0.25, 0.3) is 0 Å². The van der Waals surface area contributed by atoms with Crippen molar-refractivity contribution in [3.8, 4) is 22.3 Å². The van der Waals surface area contributed by atoms with Gasteiger partial charge in [-0.05, 0) is 61.8 Å². The molecule has 0 atom stereocenters. The maximum absolute atomic E-state index is 2.39. The molecule has 3 rings (SSSR count). The van der Waals surface area contributed by atoms with Crippen molar-refractivity contribution in [1.29, 1.82) is 0 Å². The summed E-state index contributed by atoms with van der Waals surface area (Å²) in [4.78, 5) is 0. The van der Waals surface area contributed by atoms with Crippen LogP contribution in [0.1, 0.15) is 78.0 Å². The second kappa shape index (κ2) is 7.82. The molecule has 29 heavy (non-hydrogen) atoms. The molecule has 0 aliphatic carbocycles. The summed E-state index contributed by atoms with van der Waals surface area (Å²) in [5, 5.41) is 0. The lowest BCUT2D eigenvalue weighted by molar-refractivity contribution is 0.590. The van der Waals surface area contributed by atoms with Crippen molar-refractivity contribution in [3.05, 3.63) is 83.4 Å². The van der Waals surface area contributed by atoms with Crippen LogP contribution in [0.25, 0.3) is 22.3 Å². The Hall–Kier alpha value is -2.34. The Morgan fingerprint density at radius 1 is 0.552 bits per heavy atom. The second-order valence-electron chi connectivity index (χ2n) is 10.6. The predicted molar refractivity (Wildman–Crippen MR) is 129 cm³/mol. The standard InChI is InChI=1S/C29H36/c1-20(2)26-16-15-22(21-11-9-13-24(17-21)28(3,4)5)19-27(26)23-12-10-14-25(18-23)29(6,7)8/h9-20H,1-8H3. The van der Waals surface area contributed by atoms with Crippen LogP contribution >= 0.6 is 0 Å². The van der Waals surface area contributed by atoms with Gasteiger partial charge in [-0.15, -0.1) is 0 Å². The van der Waals surface area contributed by atoms with E-state index in [2.05, 4.69) is 122 Å². The molecule has 0 fully saturated rings. The van der Waals surface area contributed by atoms with Gasteiger partial charge in [0, 0.05) is 0 Å². The van der Waals surface area contributed by atoms with Gasteiger partial charge in [0.2, 0.25) is 0 Å². The number of rotatable bonds is 3. The third-order valence-corrected chi connectivity index (χ3v) is 5.78. The molecule has 0 N–H and O–H groups in total. The van der Waals surface area contributed by atoms with Gasteiger partial charge in [-0.2, -0.15) is 0 Å². The molecule has 0 bridgehead atoms. The lowest BCUT2D eigenvalue weighted by Gasteiger charge is -2.22. The van der Waals surface area contributed by atoms with E-state index in [1.54, 1.807) is 0 Å². The molecule has 152 valence electrons. The largest absolute Gasteiger partial charge is 0.0614 e. The zero-order chi connectivity index (χ0) is 21.4. The molecule has 0 heteroatoms. The molecule has 0 aromatic heterocycles. The topological polar surface area (TPSA) is 0 Å². The van der Waals surface area contributed by atoms with Crippen LogP contribution in [0.5, 0.6) is 0 Å². The third-order valence-electron chi connectivity index (χ3n) is 5.78. The molecule has 0 amide bonds. The molecule has 0 spiro atoms.